The molecule has 1 heterocycles. The standard InChI is InChI=1S/C13H16O2/c1-4-10-6-7-11(5-2)13(10)8-9(3)12(14)15-13/h4-5,10-11H,1-3,6-8H2/t10-,11-/m0/s1. The van der Waals surface area contributed by atoms with Gasteiger partial charge in [0.05, 0.1) is 0 Å². The van der Waals surface area contributed by atoms with Gasteiger partial charge in [0.2, 0.25) is 0 Å². The summed E-state index contributed by atoms with van der Waals surface area (Å²) in [5, 5.41) is 0. The highest BCUT2D eigenvalue weighted by Crippen LogP contribution is 2.51. The summed E-state index contributed by atoms with van der Waals surface area (Å²) in [5.41, 5.74) is 0.160. The Kier molecular flexibility index (Phi) is 2.29. The number of hydrogen-bond donors (Lipinski definition) is 0. The Balaban J connectivity index is 2.37. The zero-order valence-corrected chi connectivity index (χ0v) is 8.87. The smallest absolute Gasteiger partial charge is 0.334 e. The van der Waals surface area contributed by atoms with Crippen molar-refractivity contribution in [1.29, 1.82) is 0 Å². The van der Waals surface area contributed by atoms with Crippen molar-refractivity contribution in [1.82, 2.24) is 0 Å². The lowest BCUT2D eigenvalue weighted by atomic mass is 9.81. The van der Waals surface area contributed by atoms with Gasteiger partial charge < -0.3 is 4.74 Å². The number of rotatable bonds is 2. The van der Waals surface area contributed by atoms with Crippen LogP contribution < -0.4 is 0 Å². The third-order valence-electron chi connectivity index (χ3n) is 3.67. The van der Waals surface area contributed by atoms with Crippen LogP contribution in [0, 0.1) is 11.8 Å². The molecule has 0 amide bonds. The highest BCUT2D eigenvalue weighted by molar-refractivity contribution is 5.90. The van der Waals surface area contributed by atoms with E-state index in [9.17, 15) is 4.79 Å². The van der Waals surface area contributed by atoms with Gasteiger partial charge in [0, 0.05) is 23.8 Å². The van der Waals surface area contributed by atoms with Gasteiger partial charge in [0.25, 0.3) is 0 Å². The number of hydrogen-bond acceptors (Lipinski definition) is 2. The average molecular weight is 204 g/mol. The van der Waals surface area contributed by atoms with Gasteiger partial charge in [-0.05, 0) is 12.8 Å². The second-order valence-electron chi connectivity index (χ2n) is 4.39. The summed E-state index contributed by atoms with van der Waals surface area (Å²) in [5.74, 6) is 0.225. The van der Waals surface area contributed by atoms with E-state index in [1.54, 1.807) is 0 Å². The van der Waals surface area contributed by atoms with E-state index in [-0.39, 0.29) is 17.8 Å². The van der Waals surface area contributed by atoms with Crippen LogP contribution in [0.5, 0.6) is 0 Å². The average Bonchev–Trinajstić information content (AvgIpc) is 2.69. The Morgan fingerprint density at radius 1 is 1.27 bits per heavy atom. The normalized spacial score (nSPS) is 33.1. The second-order valence-corrected chi connectivity index (χ2v) is 4.39. The first-order valence-electron chi connectivity index (χ1n) is 5.30. The van der Waals surface area contributed by atoms with Crippen LogP contribution in [0.1, 0.15) is 19.3 Å². The summed E-state index contributed by atoms with van der Waals surface area (Å²) in [6.45, 7) is 11.4. The molecular formula is C13H16O2. The molecule has 0 aromatic heterocycles. The maximum absolute atomic E-state index is 11.5. The van der Waals surface area contributed by atoms with E-state index in [4.69, 9.17) is 4.74 Å². The molecule has 1 saturated heterocycles. The molecule has 2 aliphatic rings. The highest BCUT2D eigenvalue weighted by atomic mass is 16.6. The minimum absolute atomic E-state index is 0.240. The van der Waals surface area contributed by atoms with Crippen molar-refractivity contribution >= 4 is 5.97 Å². The van der Waals surface area contributed by atoms with Crippen LogP contribution in [0.2, 0.25) is 0 Å². The maximum Gasteiger partial charge on any atom is 0.334 e. The van der Waals surface area contributed by atoms with Crippen molar-refractivity contribution in [3.05, 3.63) is 37.5 Å². The monoisotopic (exact) mass is 204 g/mol. The van der Waals surface area contributed by atoms with Gasteiger partial charge in [-0.15, -0.1) is 13.2 Å². The van der Waals surface area contributed by atoms with Crippen LogP contribution in [0.3, 0.4) is 0 Å². The highest BCUT2D eigenvalue weighted by Gasteiger charge is 2.55. The summed E-state index contributed by atoms with van der Waals surface area (Å²) in [4.78, 5) is 11.5. The Hall–Kier alpha value is -1.31. The lowest BCUT2D eigenvalue weighted by Gasteiger charge is -2.31. The van der Waals surface area contributed by atoms with Gasteiger partial charge in [-0.2, -0.15) is 0 Å². The lowest BCUT2D eigenvalue weighted by molar-refractivity contribution is -0.150. The molecule has 2 atom stereocenters. The molecule has 0 bridgehead atoms. The van der Waals surface area contributed by atoms with Crippen LogP contribution in [0.15, 0.2) is 37.5 Å². The van der Waals surface area contributed by atoms with Crippen molar-refractivity contribution < 1.29 is 9.53 Å². The quantitative estimate of drug-likeness (QED) is 0.392. The van der Waals surface area contributed by atoms with E-state index < -0.39 is 5.60 Å². The molecule has 0 aromatic carbocycles. The fourth-order valence-corrected chi connectivity index (χ4v) is 2.86. The molecule has 1 aliphatic heterocycles. The first-order chi connectivity index (χ1) is 7.14. The SMILES string of the molecule is C=C[C@H]1CC[C@H](C=C)C12CC(=C)C(=O)O2. The lowest BCUT2D eigenvalue weighted by Crippen LogP contribution is -2.37. The van der Waals surface area contributed by atoms with Crippen molar-refractivity contribution in [3.8, 4) is 0 Å². The molecule has 0 N–H and O–H groups in total. The molecule has 2 nitrogen and oxygen atoms in total. The van der Waals surface area contributed by atoms with Gasteiger partial charge in [-0.1, -0.05) is 18.7 Å². The van der Waals surface area contributed by atoms with E-state index in [2.05, 4.69) is 19.7 Å². The fraction of sp³-hybridized carbons (Fsp3) is 0.462. The van der Waals surface area contributed by atoms with Crippen LogP contribution >= 0.6 is 0 Å². The fourth-order valence-electron chi connectivity index (χ4n) is 2.86. The Morgan fingerprint density at radius 3 is 2.13 bits per heavy atom. The minimum atomic E-state index is -0.419. The van der Waals surface area contributed by atoms with E-state index in [1.165, 1.54) is 0 Å². The van der Waals surface area contributed by atoms with E-state index in [0.717, 1.165) is 12.8 Å². The first-order valence-corrected chi connectivity index (χ1v) is 5.30. The molecule has 1 aliphatic carbocycles. The molecule has 1 saturated carbocycles. The topological polar surface area (TPSA) is 26.3 Å². The van der Waals surface area contributed by atoms with Crippen molar-refractivity contribution in [2.75, 3.05) is 0 Å². The maximum atomic E-state index is 11.5. The van der Waals surface area contributed by atoms with E-state index in [0.29, 0.717) is 12.0 Å². The molecule has 0 radical (unpaired) electrons. The zero-order chi connectivity index (χ0) is 11.1. The van der Waals surface area contributed by atoms with Crippen LogP contribution in [0.25, 0.3) is 0 Å². The molecule has 0 aromatic rings. The van der Waals surface area contributed by atoms with Gasteiger partial charge in [0.15, 0.2) is 0 Å². The first kappa shape index (κ1) is 10.2. The summed E-state index contributed by atoms with van der Waals surface area (Å²) in [6, 6.07) is 0. The van der Waals surface area contributed by atoms with E-state index in [1.807, 2.05) is 12.2 Å². The minimum Gasteiger partial charge on any atom is -0.454 e. The summed E-state index contributed by atoms with van der Waals surface area (Å²) < 4.78 is 5.55. The molecule has 2 fully saturated rings. The predicted octanol–water partition coefficient (Wildman–Crippen LogP) is 2.63. The van der Waals surface area contributed by atoms with Crippen LogP contribution in [-0.4, -0.2) is 11.6 Å². The molecule has 2 heteroatoms. The largest absolute Gasteiger partial charge is 0.454 e. The predicted molar refractivity (Wildman–Crippen MR) is 59.2 cm³/mol. The summed E-state index contributed by atoms with van der Waals surface area (Å²) in [7, 11) is 0. The Morgan fingerprint density at radius 2 is 1.80 bits per heavy atom. The number of ether oxygens (including phenoxy) is 1. The molecular weight excluding hydrogens is 188 g/mol. The molecule has 15 heavy (non-hydrogen) atoms. The van der Waals surface area contributed by atoms with Crippen LogP contribution in [-0.2, 0) is 9.53 Å². The summed E-state index contributed by atoms with van der Waals surface area (Å²) >= 11 is 0. The third-order valence-corrected chi connectivity index (χ3v) is 3.67. The van der Waals surface area contributed by atoms with Crippen molar-refractivity contribution in [2.45, 2.75) is 24.9 Å². The molecule has 1 spiro atoms. The van der Waals surface area contributed by atoms with Crippen molar-refractivity contribution in [2.24, 2.45) is 11.8 Å². The van der Waals surface area contributed by atoms with Crippen LogP contribution in [0.4, 0.5) is 0 Å². The third kappa shape index (κ3) is 1.28. The van der Waals surface area contributed by atoms with Gasteiger partial charge in [0.1, 0.15) is 5.60 Å². The second kappa shape index (κ2) is 3.37. The number of esters is 1. The molecule has 2 rings (SSSR count). The van der Waals surface area contributed by atoms with Crippen molar-refractivity contribution in [3.63, 3.8) is 0 Å². The number of carbonyl (C=O) groups is 1. The Labute approximate surface area is 90.3 Å². The molecule has 0 unspecified atom stereocenters. The van der Waals surface area contributed by atoms with Gasteiger partial charge >= 0.3 is 5.97 Å². The Bertz CT molecular complexity index is 306. The zero-order valence-electron chi connectivity index (χ0n) is 8.87. The van der Waals surface area contributed by atoms with E-state index >= 15 is 0 Å². The molecule has 80 valence electrons. The number of carbonyl (C=O) groups excluding carboxylic acids is 1. The van der Waals surface area contributed by atoms with Gasteiger partial charge in [-0.3, -0.25) is 0 Å². The summed E-state index contributed by atoms with van der Waals surface area (Å²) in [6.07, 6.45) is 6.45. The van der Waals surface area contributed by atoms with Gasteiger partial charge in [-0.25, -0.2) is 4.79 Å².